The number of carbonyl (C=O) groups excluding carboxylic acids is 3. The molecule has 0 N–H and O–H groups in total. The lowest BCUT2D eigenvalue weighted by atomic mass is 10.0. The first-order valence-corrected chi connectivity index (χ1v) is 6.61. The molecule has 112 valence electrons. The average Bonchev–Trinajstić information content (AvgIpc) is 2.51. The van der Waals surface area contributed by atoms with Gasteiger partial charge in [-0.2, -0.15) is 0 Å². The molecule has 0 heterocycles. The lowest BCUT2D eigenvalue weighted by Crippen LogP contribution is -2.07. The third-order valence-corrected chi connectivity index (χ3v) is 2.71. The Balaban J connectivity index is 2.57. The maximum atomic E-state index is 11.9. The molecule has 5 heteroatoms. The summed E-state index contributed by atoms with van der Waals surface area (Å²) in [6, 6.07) is 6.75. The van der Waals surface area contributed by atoms with Crippen LogP contribution in [0.4, 0.5) is 0 Å². The summed E-state index contributed by atoms with van der Waals surface area (Å²) in [4.78, 5) is 34.0. The highest BCUT2D eigenvalue weighted by atomic mass is 16.5. The smallest absolute Gasteiger partial charge is 0.330 e. The summed E-state index contributed by atoms with van der Waals surface area (Å²) in [5, 5.41) is 0. The van der Waals surface area contributed by atoms with E-state index in [1.165, 1.54) is 13.2 Å². The topological polar surface area (TPSA) is 69.7 Å². The molecule has 21 heavy (non-hydrogen) atoms. The summed E-state index contributed by atoms with van der Waals surface area (Å²) >= 11 is 0. The first-order chi connectivity index (χ1) is 10.1. The van der Waals surface area contributed by atoms with E-state index in [0.717, 1.165) is 5.56 Å². The van der Waals surface area contributed by atoms with Gasteiger partial charge in [0.15, 0.2) is 5.78 Å². The number of hydrogen-bond donors (Lipinski definition) is 0. The monoisotopic (exact) mass is 290 g/mol. The molecule has 0 saturated heterocycles. The molecule has 0 aliphatic rings. The van der Waals surface area contributed by atoms with Crippen molar-refractivity contribution in [3.05, 3.63) is 41.5 Å². The summed E-state index contributed by atoms with van der Waals surface area (Å²) < 4.78 is 9.25. The molecule has 0 aliphatic carbocycles. The molecule has 0 amide bonds. The Kier molecular flexibility index (Phi) is 6.87. The molecule has 1 aromatic carbocycles. The SMILES string of the molecule is CCOC(=O)CCC(=O)c1ccc(C=CC(=O)OC)cc1. The first kappa shape index (κ1) is 16.6. The van der Waals surface area contributed by atoms with Crippen LogP contribution in [-0.2, 0) is 19.1 Å². The van der Waals surface area contributed by atoms with Gasteiger partial charge in [-0.3, -0.25) is 9.59 Å². The van der Waals surface area contributed by atoms with Gasteiger partial charge in [0.25, 0.3) is 0 Å². The van der Waals surface area contributed by atoms with Gasteiger partial charge in [0.2, 0.25) is 0 Å². The fourth-order valence-corrected chi connectivity index (χ4v) is 1.61. The number of methoxy groups -OCH3 is 1. The minimum atomic E-state index is -0.440. The van der Waals surface area contributed by atoms with Crippen LogP contribution in [0.3, 0.4) is 0 Å². The van der Waals surface area contributed by atoms with Gasteiger partial charge in [-0.05, 0) is 18.6 Å². The molecule has 0 bridgehead atoms. The molecular weight excluding hydrogens is 272 g/mol. The van der Waals surface area contributed by atoms with E-state index in [2.05, 4.69) is 4.74 Å². The molecule has 0 spiro atoms. The molecule has 0 atom stereocenters. The van der Waals surface area contributed by atoms with Crippen molar-refractivity contribution >= 4 is 23.8 Å². The summed E-state index contributed by atoms with van der Waals surface area (Å²) in [6.07, 6.45) is 3.10. The van der Waals surface area contributed by atoms with Crippen LogP contribution in [0.2, 0.25) is 0 Å². The van der Waals surface area contributed by atoms with Crippen molar-refractivity contribution in [2.75, 3.05) is 13.7 Å². The van der Waals surface area contributed by atoms with E-state index >= 15 is 0 Å². The molecule has 0 aliphatic heterocycles. The second kappa shape index (κ2) is 8.68. The Morgan fingerprint density at radius 1 is 1.10 bits per heavy atom. The Morgan fingerprint density at radius 3 is 2.33 bits per heavy atom. The number of Topliss-reactive ketones (excluding diaryl/α,β-unsaturated/α-hetero) is 1. The highest BCUT2D eigenvalue weighted by Crippen LogP contribution is 2.10. The van der Waals surface area contributed by atoms with Gasteiger partial charge in [0.1, 0.15) is 0 Å². The van der Waals surface area contributed by atoms with Gasteiger partial charge in [-0.25, -0.2) is 4.79 Å². The fraction of sp³-hybridized carbons (Fsp3) is 0.312. The quantitative estimate of drug-likeness (QED) is 0.438. The van der Waals surface area contributed by atoms with Crippen LogP contribution in [0.25, 0.3) is 6.08 Å². The Morgan fingerprint density at radius 2 is 1.76 bits per heavy atom. The molecule has 0 fully saturated rings. The fourth-order valence-electron chi connectivity index (χ4n) is 1.61. The zero-order chi connectivity index (χ0) is 15.7. The predicted molar refractivity (Wildman–Crippen MR) is 77.7 cm³/mol. The van der Waals surface area contributed by atoms with E-state index in [1.54, 1.807) is 37.3 Å². The van der Waals surface area contributed by atoms with E-state index in [9.17, 15) is 14.4 Å². The van der Waals surface area contributed by atoms with Crippen LogP contribution >= 0.6 is 0 Å². The summed E-state index contributed by atoms with van der Waals surface area (Å²) in [5.41, 5.74) is 1.30. The number of ketones is 1. The standard InChI is InChI=1S/C16H18O5/c1-3-21-16(19)11-9-14(17)13-7-4-12(5-8-13)6-10-15(18)20-2/h4-8,10H,3,9,11H2,1-2H3. The van der Waals surface area contributed by atoms with Gasteiger partial charge < -0.3 is 9.47 Å². The van der Waals surface area contributed by atoms with E-state index in [1.807, 2.05) is 0 Å². The number of ether oxygens (including phenoxy) is 2. The Bertz CT molecular complexity index is 528. The minimum Gasteiger partial charge on any atom is -0.466 e. The van der Waals surface area contributed by atoms with E-state index < -0.39 is 5.97 Å². The number of hydrogen-bond acceptors (Lipinski definition) is 5. The van der Waals surface area contributed by atoms with Crippen LogP contribution in [0.1, 0.15) is 35.7 Å². The van der Waals surface area contributed by atoms with Crippen LogP contribution < -0.4 is 0 Å². The molecule has 0 saturated carbocycles. The average molecular weight is 290 g/mol. The lowest BCUT2D eigenvalue weighted by molar-refractivity contribution is -0.143. The zero-order valence-corrected chi connectivity index (χ0v) is 12.1. The van der Waals surface area contributed by atoms with Crippen molar-refractivity contribution in [1.82, 2.24) is 0 Å². The summed E-state index contributed by atoms with van der Waals surface area (Å²) in [7, 11) is 1.30. The first-order valence-electron chi connectivity index (χ1n) is 6.61. The van der Waals surface area contributed by atoms with Crippen LogP contribution in [0.15, 0.2) is 30.3 Å². The van der Waals surface area contributed by atoms with Crippen LogP contribution in [-0.4, -0.2) is 31.4 Å². The van der Waals surface area contributed by atoms with Gasteiger partial charge in [-0.15, -0.1) is 0 Å². The van der Waals surface area contributed by atoms with Gasteiger partial charge in [0.05, 0.1) is 20.1 Å². The second-order valence-electron chi connectivity index (χ2n) is 4.21. The van der Waals surface area contributed by atoms with Crippen molar-refractivity contribution in [3.8, 4) is 0 Å². The molecule has 0 radical (unpaired) electrons. The van der Waals surface area contributed by atoms with Gasteiger partial charge >= 0.3 is 11.9 Å². The number of esters is 2. The third-order valence-electron chi connectivity index (χ3n) is 2.71. The number of rotatable bonds is 7. The number of benzene rings is 1. The van der Waals surface area contributed by atoms with E-state index in [4.69, 9.17) is 4.74 Å². The van der Waals surface area contributed by atoms with Gasteiger partial charge in [0, 0.05) is 18.1 Å². The molecular formula is C16H18O5. The Hall–Kier alpha value is -2.43. The summed E-state index contributed by atoms with van der Waals surface area (Å²) in [5.74, 6) is -0.931. The van der Waals surface area contributed by atoms with E-state index in [0.29, 0.717) is 12.2 Å². The van der Waals surface area contributed by atoms with Crippen molar-refractivity contribution in [2.45, 2.75) is 19.8 Å². The lowest BCUT2D eigenvalue weighted by Gasteiger charge is -2.02. The molecule has 0 unspecified atom stereocenters. The maximum absolute atomic E-state index is 11.9. The normalized spacial score (nSPS) is 10.4. The molecule has 5 nitrogen and oxygen atoms in total. The van der Waals surface area contributed by atoms with Crippen LogP contribution in [0.5, 0.6) is 0 Å². The maximum Gasteiger partial charge on any atom is 0.330 e. The largest absolute Gasteiger partial charge is 0.466 e. The van der Waals surface area contributed by atoms with Crippen molar-refractivity contribution < 1.29 is 23.9 Å². The van der Waals surface area contributed by atoms with Crippen LogP contribution in [0, 0.1) is 0 Å². The number of carbonyl (C=O) groups is 3. The van der Waals surface area contributed by atoms with E-state index in [-0.39, 0.29) is 24.6 Å². The molecule has 1 rings (SSSR count). The zero-order valence-electron chi connectivity index (χ0n) is 12.1. The van der Waals surface area contributed by atoms with Crippen molar-refractivity contribution in [3.63, 3.8) is 0 Å². The third kappa shape index (κ3) is 6.03. The van der Waals surface area contributed by atoms with Gasteiger partial charge in [-0.1, -0.05) is 24.3 Å². The minimum absolute atomic E-state index is 0.0800. The molecule has 0 aromatic heterocycles. The Labute approximate surface area is 123 Å². The highest BCUT2D eigenvalue weighted by Gasteiger charge is 2.09. The van der Waals surface area contributed by atoms with Crippen molar-refractivity contribution in [1.29, 1.82) is 0 Å². The van der Waals surface area contributed by atoms with Crippen molar-refractivity contribution in [2.24, 2.45) is 0 Å². The second-order valence-corrected chi connectivity index (χ2v) is 4.21. The summed E-state index contributed by atoms with van der Waals surface area (Å²) in [6.45, 7) is 2.04. The highest BCUT2D eigenvalue weighted by molar-refractivity contribution is 5.97. The predicted octanol–water partition coefficient (Wildman–Crippen LogP) is 2.40. The molecule has 1 aromatic rings.